The number of urea groups is 1. The normalized spacial score (nSPS) is 11.1. The van der Waals surface area contributed by atoms with Gasteiger partial charge < -0.3 is 15.4 Å². The van der Waals surface area contributed by atoms with Gasteiger partial charge >= 0.3 is 6.03 Å². The van der Waals surface area contributed by atoms with Crippen LogP contribution in [0.15, 0.2) is 66.9 Å². The van der Waals surface area contributed by atoms with Crippen LogP contribution in [-0.4, -0.2) is 26.7 Å². The molecule has 0 saturated heterocycles. The maximum absolute atomic E-state index is 14.8. The zero-order chi connectivity index (χ0) is 28.2. The number of nitrogens with one attached hydrogen (secondary N) is 3. The summed E-state index contributed by atoms with van der Waals surface area (Å²) in [7, 11) is 0. The lowest BCUT2D eigenvalue weighted by atomic mass is 9.92. The highest BCUT2D eigenvalue weighted by atomic mass is 19.1. The molecule has 0 atom stereocenters. The number of anilines is 2. The van der Waals surface area contributed by atoms with Gasteiger partial charge in [0.1, 0.15) is 23.1 Å². The molecular formula is C29H31FN6O3. The van der Waals surface area contributed by atoms with Gasteiger partial charge in [0.2, 0.25) is 5.91 Å². The van der Waals surface area contributed by atoms with E-state index in [4.69, 9.17) is 9.84 Å². The highest BCUT2D eigenvalue weighted by Crippen LogP contribution is 2.28. The number of carbonyl (C=O) groups excluding carboxylic acids is 2. The first-order valence-corrected chi connectivity index (χ1v) is 12.4. The van der Waals surface area contributed by atoms with Crippen LogP contribution in [0.25, 0.3) is 5.69 Å². The minimum atomic E-state index is -0.650. The Kier molecular flexibility index (Phi) is 7.94. The van der Waals surface area contributed by atoms with Crippen LogP contribution in [0.2, 0.25) is 0 Å². The topological polar surface area (TPSA) is 110 Å². The molecule has 3 amide bonds. The third kappa shape index (κ3) is 7.19. The lowest BCUT2D eigenvalue weighted by Crippen LogP contribution is -2.22. The molecule has 3 N–H and O–H groups in total. The summed E-state index contributed by atoms with van der Waals surface area (Å²) >= 11 is 0. The Morgan fingerprint density at radius 3 is 2.46 bits per heavy atom. The number of hydrogen-bond acceptors (Lipinski definition) is 5. The summed E-state index contributed by atoms with van der Waals surface area (Å²) in [5.41, 5.74) is 2.80. The number of ether oxygens (including phenoxy) is 1. The van der Waals surface area contributed by atoms with Crippen molar-refractivity contribution in [1.29, 1.82) is 0 Å². The van der Waals surface area contributed by atoms with E-state index in [1.165, 1.54) is 19.1 Å². The second-order valence-electron chi connectivity index (χ2n) is 10.1. The number of amides is 3. The zero-order valence-corrected chi connectivity index (χ0v) is 22.5. The van der Waals surface area contributed by atoms with Crippen LogP contribution in [0.4, 0.5) is 20.7 Å². The molecule has 2 heterocycles. The van der Waals surface area contributed by atoms with Crippen LogP contribution in [0.5, 0.6) is 11.5 Å². The van der Waals surface area contributed by atoms with Gasteiger partial charge in [0.25, 0.3) is 0 Å². The fourth-order valence-electron chi connectivity index (χ4n) is 3.71. The molecule has 0 spiro atoms. The van der Waals surface area contributed by atoms with Gasteiger partial charge in [-0.1, -0.05) is 32.9 Å². The summed E-state index contributed by atoms with van der Waals surface area (Å²) in [6.45, 7) is 9.70. The summed E-state index contributed by atoms with van der Waals surface area (Å²) < 4.78 is 22.1. The maximum atomic E-state index is 14.8. The van der Waals surface area contributed by atoms with Gasteiger partial charge in [-0.25, -0.2) is 13.9 Å². The predicted molar refractivity (Wildman–Crippen MR) is 148 cm³/mol. The molecule has 2 aromatic heterocycles. The van der Waals surface area contributed by atoms with Gasteiger partial charge in [-0.05, 0) is 42.8 Å². The molecule has 0 aliphatic carbocycles. The molecule has 0 aliphatic heterocycles. The number of aromatic nitrogens is 3. The molecule has 0 saturated carbocycles. The van der Waals surface area contributed by atoms with Crippen LogP contribution in [-0.2, 0) is 16.8 Å². The van der Waals surface area contributed by atoms with Crippen LogP contribution in [0, 0.1) is 12.7 Å². The number of aryl methyl sites for hydroxylation is 1. The summed E-state index contributed by atoms with van der Waals surface area (Å²) in [5, 5.41) is 12.8. The van der Waals surface area contributed by atoms with Crippen molar-refractivity contribution < 1.29 is 18.7 Å². The molecule has 202 valence electrons. The first-order chi connectivity index (χ1) is 18.5. The Morgan fingerprint density at radius 1 is 1.00 bits per heavy atom. The van der Waals surface area contributed by atoms with E-state index in [-0.39, 0.29) is 22.8 Å². The van der Waals surface area contributed by atoms with E-state index >= 15 is 0 Å². The van der Waals surface area contributed by atoms with Crippen molar-refractivity contribution in [2.24, 2.45) is 0 Å². The maximum Gasteiger partial charge on any atom is 0.324 e. The minimum absolute atomic E-state index is 0.00910. The number of nitrogens with zero attached hydrogens (tertiary/aromatic N) is 3. The number of rotatable bonds is 7. The number of halogens is 1. The van der Waals surface area contributed by atoms with Crippen molar-refractivity contribution >= 4 is 23.4 Å². The van der Waals surface area contributed by atoms with Gasteiger partial charge in [0.05, 0.1) is 17.1 Å². The second kappa shape index (κ2) is 11.3. The van der Waals surface area contributed by atoms with Crippen LogP contribution >= 0.6 is 0 Å². The molecule has 39 heavy (non-hydrogen) atoms. The summed E-state index contributed by atoms with van der Waals surface area (Å²) in [6, 6.07) is 16.2. The van der Waals surface area contributed by atoms with Crippen molar-refractivity contribution in [2.75, 3.05) is 10.6 Å². The average molecular weight is 531 g/mol. The monoisotopic (exact) mass is 530 g/mol. The van der Waals surface area contributed by atoms with Gasteiger partial charge in [-0.15, -0.1) is 0 Å². The fourth-order valence-corrected chi connectivity index (χ4v) is 3.71. The number of hydrogen-bond donors (Lipinski definition) is 3. The largest absolute Gasteiger partial charge is 0.457 e. The molecule has 4 rings (SSSR count). The minimum Gasteiger partial charge on any atom is -0.457 e. The van der Waals surface area contributed by atoms with Gasteiger partial charge in [0.15, 0.2) is 0 Å². The first-order valence-electron chi connectivity index (χ1n) is 12.4. The Labute approximate surface area is 226 Å². The van der Waals surface area contributed by atoms with Crippen molar-refractivity contribution in [3.05, 3.63) is 89.6 Å². The van der Waals surface area contributed by atoms with Gasteiger partial charge in [-0.2, -0.15) is 5.10 Å². The molecule has 4 aromatic rings. The highest BCUT2D eigenvalue weighted by molar-refractivity contribution is 5.99. The van der Waals surface area contributed by atoms with Crippen LogP contribution in [0.1, 0.15) is 44.6 Å². The molecular weight excluding hydrogens is 499 g/mol. The van der Waals surface area contributed by atoms with Crippen LogP contribution in [0.3, 0.4) is 0 Å². The van der Waals surface area contributed by atoms with E-state index in [9.17, 15) is 14.0 Å². The Hall–Kier alpha value is -4.73. The van der Waals surface area contributed by atoms with Crippen molar-refractivity contribution in [3.8, 4) is 17.2 Å². The molecule has 0 aliphatic rings. The number of benzene rings is 2. The summed E-state index contributed by atoms with van der Waals surface area (Å²) in [6.07, 6.45) is 1.61. The fraction of sp³-hybridized carbons (Fsp3) is 0.241. The third-order valence-corrected chi connectivity index (χ3v) is 5.71. The van der Waals surface area contributed by atoms with Gasteiger partial charge in [-0.3, -0.25) is 15.1 Å². The van der Waals surface area contributed by atoms with Gasteiger partial charge in [0, 0.05) is 49.0 Å². The van der Waals surface area contributed by atoms with Crippen molar-refractivity contribution in [1.82, 2.24) is 20.1 Å². The zero-order valence-electron chi connectivity index (χ0n) is 22.5. The SMILES string of the molecule is CC(=O)NCc1cccc(-n2nc(C(C)(C)C)cc2NC(=O)Nc2ccc(Oc3ccnc(C)c3)cc2F)c1. The number of carbonyl (C=O) groups is 2. The summed E-state index contributed by atoms with van der Waals surface area (Å²) in [4.78, 5) is 28.4. The Bertz CT molecular complexity index is 1510. The Morgan fingerprint density at radius 2 is 1.77 bits per heavy atom. The van der Waals surface area contributed by atoms with Crippen molar-refractivity contribution in [2.45, 2.75) is 46.6 Å². The molecule has 0 radical (unpaired) electrons. The molecule has 0 unspecified atom stereocenters. The van der Waals surface area contributed by atoms with Crippen molar-refractivity contribution in [3.63, 3.8) is 0 Å². The van der Waals surface area contributed by atoms with E-state index < -0.39 is 11.8 Å². The highest BCUT2D eigenvalue weighted by Gasteiger charge is 2.22. The molecule has 10 heteroatoms. The molecule has 2 aromatic carbocycles. The van der Waals surface area contributed by atoms with E-state index in [0.717, 1.165) is 17.0 Å². The third-order valence-electron chi connectivity index (χ3n) is 5.71. The standard InChI is InChI=1S/C29H31FN6O3/c1-18-13-23(11-12-31-18)39-22-9-10-25(24(30)15-22)33-28(38)34-27-16-26(29(3,4)5)35-36(27)21-8-6-7-20(14-21)17-32-19(2)37/h6-16H,17H2,1-5H3,(H,32,37)(H2,33,34,38). The summed E-state index contributed by atoms with van der Waals surface area (Å²) in [5.74, 6) is 0.443. The van der Waals surface area contributed by atoms with E-state index in [0.29, 0.717) is 23.8 Å². The van der Waals surface area contributed by atoms with E-state index in [1.807, 2.05) is 52.0 Å². The first kappa shape index (κ1) is 27.3. The lowest BCUT2D eigenvalue weighted by Gasteiger charge is -2.14. The molecule has 9 nitrogen and oxygen atoms in total. The quantitative estimate of drug-likeness (QED) is 0.268. The molecule has 0 fully saturated rings. The smallest absolute Gasteiger partial charge is 0.324 e. The van der Waals surface area contributed by atoms with E-state index in [2.05, 4.69) is 20.9 Å². The van der Waals surface area contributed by atoms with E-state index in [1.54, 1.807) is 35.1 Å². The lowest BCUT2D eigenvalue weighted by molar-refractivity contribution is -0.119. The Balaban J connectivity index is 1.53. The average Bonchev–Trinajstić information content (AvgIpc) is 3.29. The molecule has 0 bridgehead atoms. The number of pyridine rings is 1. The van der Waals surface area contributed by atoms with Crippen LogP contribution < -0.4 is 20.7 Å². The predicted octanol–water partition coefficient (Wildman–Crippen LogP) is 6.08. The second-order valence-corrected chi connectivity index (χ2v) is 10.1.